The number of fused-ring (bicyclic) bond motifs is 1. The number of imide groups is 1. The molecular weight excluding hydrogens is 454 g/mol. The van der Waals surface area contributed by atoms with E-state index in [2.05, 4.69) is 5.32 Å². The molecular formula is C26H30ClN3O4. The predicted molar refractivity (Wildman–Crippen MR) is 130 cm³/mol. The number of carbonyl (C=O) groups excluding carboxylic acids is 4. The van der Waals surface area contributed by atoms with Gasteiger partial charge in [0.1, 0.15) is 6.04 Å². The molecule has 0 aliphatic carbocycles. The highest BCUT2D eigenvalue weighted by Crippen LogP contribution is 2.23. The molecule has 1 aliphatic rings. The monoisotopic (exact) mass is 483 g/mol. The molecule has 0 fully saturated rings. The number of nitrogens with zero attached hydrogens (tertiary/aromatic N) is 2. The maximum atomic E-state index is 13.3. The minimum absolute atomic E-state index is 0.0529. The number of nitrogens with one attached hydrogen (secondary N) is 1. The van der Waals surface area contributed by atoms with Crippen LogP contribution in [0.5, 0.6) is 0 Å². The van der Waals surface area contributed by atoms with Gasteiger partial charge in [-0.15, -0.1) is 0 Å². The van der Waals surface area contributed by atoms with Crippen molar-refractivity contribution >= 4 is 35.2 Å². The van der Waals surface area contributed by atoms with Crippen LogP contribution < -0.4 is 5.32 Å². The maximum Gasteiger partial charge on any atom is 0.261 e. The van der Waals surface area contributed by atoms with Crippen molar-refractivity contribution in [2.45, 2.75) is 58.7 Å². The van der Waals surface area contributed by atoms with E-state index >= 15 is 0 Å². The van der Waals surface area contributed by atoms with Crippen molar-refractivity contribution in [2.24, 2.45) is 0 Å². The zero-order valence-electron chi connectivity index (χ0n) is 19.7. The quantitative estimate of drug-likeness (QED) is 0.516. The van der Waals surface area contributed by atoms with Gasteiger partial charge < -0.3 is 10.2 Å². The van der Waals surface area contributed by atoms with Crippen LogP contribution in [0, 0.1) is 0 Å². The highest BCUT2D eigenvalue weighted by molar-refractivity contribution is 6.30. The van der Waals surface area contributed by atoms with Crippen LogP contribution in [0.2, 0.25) is 5.02 Å². The molecule has 1 aliphatic heterocycles. The van der Waals surface area contributed by atoms with Gasteiger partial charge in [-0.05, 0) is 56.5 Å². The molecule has 8 heteroatoms. The normalized spacial score (nSPS) is 13.7. The molecule has 7 nitrogen and oxygen atoms in total. The molecule has 0 radical (unpaired) electrons. The van der Waals surface area contributed by atoms with Gasteiger partial charge in [0.05, 0.1) is 11.1 Å². The van der Waals surface area contributed by atoms with Crippen LogP contribution in [-0.2, 0) is 16.1 Å². The Labute approximate surface area is 205 Å². The number of hydrogen-bond donors (Lipinski definition) is 1. The fourth-order valence-corrected chi connectivity index (χ4v) is 4.19. The van der Waals surface area contributed by atoms with Gasteiger partial charge in [0.15, 0.2) is 0 Å². The standard InChI is InChI=1S/C26H30ClN3O4/c1-4-22(24(32)28-17(2)3)30(16-18-11-13-19(27)14-12-18)23(31)10-7-15-29-25(33)20-8-5-6-9-21(20)26(29)34/h5-6,8-9,11-14,17,22H,4,7,10,15-16H2,1-3H3,(H,28,32). The summed E-state index contributed by atoms with van der Waals surface area (Å²) in [5.74, 6) is -1.10. The molecule has 4 amide bonds. The molecule has 3 rings (SSSR count). The number of halogens is 1. The van der Waals surface area contributed by atoms with Crippen molar-refractivity contribution in [1.29, 1.82) is 0 Å². The van der Waals surface area contributed by atoms with Gasteiger partial charge in [-0.1, -0.05) is 42.8 Å². The van der Waals surface area contributed by atoms with E-state index in [1.54, 1.807) is 41.3 Å². The lowest BCUT2D eigenvalue weighted by molar-refractivity contribution is -0.141. The zero-order chi connectivity index (χ0) is 24.8. The lowest BCUT2D eigenvalue weighted by Crippen LogP contribution is -2.50. The van der Waals surface area contributed by atoms with Crippen LogP contribution in [0.25, 0.3) is 0 Å². The molecule has 34 heavy (non-hydrogen) atoms. The minimum atomic E-state index is -0.634. The molecule has 0 spiro atoms. The van der Waals surface area contributed by atoms with Gasteiger partial charge in [-0.2, -0.15) is 0 Å². The summed E-state index contributed by atoms with van der Waals surface area (Å²) in [6.45, 7) is 6.01. The van der Waals surface area contributed by atoms with Crippen molar-refractivity contribution in [3.05, 3.63) is 70.2 Å². The Balaban J connectivity index is 1.70. The van der Waals surface area contributed by atoms with Crippen LogP contribution in [0.3, 0.4) is 0 Å². The van der Waals surface area contributed by atoms with Crippen LogP contribution >= 0.6 is 11.6 Å². The van der Waals surface area contributed by atoms with Crippen molar-refractivity contribution < 1.29 is 19.2 Å². The van der Waals surface area contributed by atoms with Gasteiger partial charge in [0, 0.05) is 30.6 Å². The average Bonchev–Trinajstić information content (AvgIpc) is 3.04. The summed E-state index contributed by atoms with van der Waals surface area (Å²) in [7, 11) is 0. The second-order valence-electron chi connectivity index (χ2n) is 8.65. The lowest BCUT2D eigenvalue weighted by atomic mass is 10.1. The Morgan fingerprint density at radius 2 is 1.59 bits per heavy atom. The van der Waals surface area contributed by atoms with Crippen LogP contribution in [-0.4, -0.2) is 52.1 Å². The second-order valence-corrected chi connectivity index (χ2v) is 9.08. The van der Waals surface area contributed by atoms with Gasteiger partial charge in [0.2, 0.25) is 11.8 Å². The first-order valence-electron chi connectivity index (χ1n) is 11.5. The van der Waals surface area contributed by atoms with Gasteiger partial charge >= 0.3 is 0 Å². The van der Waals surface area contributed by atoms with Crippen molar-refractivity contribution in [3.8, 4) is 0 Å². The van der Waals surface area contributed by atoms with E-state index in [4.69, 9.17) is 11.6 Å². The largest absolute Gasteiger partial charge is 0.352 e. The van der Waals surface area contributed by atoms with E-state index in [-0.39, 0.29) is 49.2 Å². The van der Waals surface area contributed by atoms with Crippen LogP contribution in [0.15, 0.2) is 48.5 Å². The Hall–Kier alpha value is -3.19. The topological polar surface area (TPSA) is 86.8 Å². The average molecular weight is 484 g/mol. The Bertz CT molecular complexity index is 1030. The molecule has 0 saturated heterocycles. The van der Waals surface area contributed by atoms with E-state index in [0.717, 1.165) is 5.56 Å². The van der Waals surface area contributed by atoms with Gasteiger partial charge in [-0.25, -0.2) is 0 Å². The van der Waals surface area contributed by atoms with Crippen molar-refractivity contribution in [3.63, 3.8) is 0 Å². The summed E-state index contributed by atoms with van der Waals surface area (Å²) < 4.78 is 0. The molecule has 0 saturated carbocycles. The minimum Gasteiger partial charge on any atom is -0.352 e. The molecule has 1 unspecified atom stereocenters. The summed E-state index contributed by atoms with van der Waals surface area (Å²) in [5, 5.41) is 3.49. The van der Waals surface area contributed by atoms with Gasteiger partial charge in [0.25, 0.3) is 11.8 Å². The van der Waals surface area contributed by atoms with E-state index in [1.807, 2.05) is 32.9 Å². The third-order valence-electron chi connectivity index (χ3n) is 5.73. The fourth-order valence-electron chi connectivity index (χ4n) is 4.06. The van der Waals surface area contributed by atoms with Crippen LogP contribution in [0.1, 0.15) is 66.3 Å². The summed E-state index contributed by atoms with van der Waals surface area (Å²) in [4.78, 5) is 54.1. The Morgan fingerprint density at radius 3 is 2.12 bits per heavy atom. The van der Waals surface area contributed by atoms with E-state index < -0.39 is 6.04 Å². The first-order chi connectivity index (χ1) is 16.2. The van der Waals surface area contributed by atoms with Gasteiger partial charge in [-0.3, -0.25) is 24.1 Å². The molecule has 1 heterocycles. The number of benzene rings is 2. The third kappa shape index (κ3) is 5.83. The molecule has 2 aromatic carbocycles. The zero-order valence-corrected chi connectivity index (χ0v) is 20.5. The van der Waals surface area contributed by atoms with Crippen LogP contribution in [0.4, 0.5) is 0 Å². The first-order valence-corrected chi connectivity index (χ1v) is 11.9. The van der Waals surface area contributed by atoms with E-state index in [0.29, 0.717) is 29.0 Å². The molecule has 1 N–H and O–H groups in total. The fraction of sp³-hybridized carbons (Fsp3) is 0.385. The highest BCUT2D eigenvalue weighted by atomic mass is 35.5. The molecule has 0 bridgehead atoms. The number of rotatable bonds is 10. The molecule has 180 valence electrons. The summed E-state index contributed by atoms with van der Waals surface area (Å²) >= 11 is 5.99. The van der Waals surface area contributed by atoms with Crippen molar-refractivity contribution in [1.82, 2.24) is 15.1 Å². The molecule has 2 aromatic rings. The first kappa shape index (κ1) is 25.4. The summed E-state index contributed by atoms with van der Waals surface area (Å²) in [5.41, 5.74) is 1.63. The molecule has 1 atom stereocenters. The maximum absolute atomic E-state index is 13.3. The highest BCUT2D eigenvalue weighted by Gasteiger charge is 2.35. The number of hydrogen-bond acceptors (Lipinski definition) is 4. The Kier molecular flexibility index (Phi) is 8.45. The SMILES string of the molecule is CCC(C(=O)NC(C)C)N(Cc1ccc(Cl)cc1)C(=O)CCCN1C(=O)c2ccccc2C1=O. The number of amides is 4. The molecule has 0 aromatic heterocycles. The van der Waals surface area contributed by atoms with Crippen molar-refractivity contribution in [2.75, 3.05) is 6.54 Å². The lowest BCUT2D eigenvalue weighted by Gasteiger charge is -2.31. The predicted octanol–water partition coefficient (Wildman–Crippen LogP) is 4.05. The Morgan fingerprint density at radius 1 is 1.00 bits per heavy atom. The third-order valence-corrected chi connectivity index (χ3v) is 5.99. The number of carbonyl (C=O) groups is 4. The van der Waals surface area contributed by atoms with E-state index in [1.165, 1.54) is 4.90 Å². The summed E-state index contributed by atoms with van der Waals surface area (Å²) in [6, 6.07) is 13.2. The summed E-state index contributed by atoms with van der Waals surface area (Å²) in [6.07, 6.45) is 0.867. The van der Waals surface area contributed by atoms with E-state index in [9.17, 15) is 19.2 Å². The second kappa shape index (κ2) is 11.3. The smallest absolute Gasteiger partial charge is 0.261 e.